The number of aromatic nitrogens is 1. The van der Waals surface area contributed by atoms with Crippen molar-refractivity contribution in [1.29, 1.82) is 0 Å². The lowest BCUT2D eigenvalue weighted by Crippen LogP contribution is -2.24. The third-order valence-electron chi connectivity index (χ3n) is 5.16. The molecule has 31 heavy (non-hydrogen) atoms. The van der Waals surface area contributed by atoms with Crippen molar-refractivity contribution in [2.24, 2.45) is 5.10 Å². The van der Waals surface area contributed by atoms with Crippen molar-refractivity contribution in [3.05, 3.63) is 95.8 Å². The normalized spacial score (nSPS) is 13.0. The molecule has 0 atom stereocenters. The van der Waals surface area contributed by atoms with Crippen LogP contribution in [0.5, 0.6) is 0 Å². The summed E-state index contributed by atoms with van der Waals surface area (Å²) >= 11 is 0. The summed E-state index contributed by atoms with van der Waals surface area (Å²) in [7, 11) is 0. The Morgan fingerprint density at radius 3 is 2.32 bits per heavy atom. The van der Waals surface area contributed by atoms with Crippen LogP contribution in [0.1, 0.15) is 36.0 Å². The van der Waals surface area contributed by atoms with Crippen molar-refractivity contribution < 1.29 is 9.59 Å². The van der Waals surface area contributed by atoms with Crippen LogP contribution < -0.4 is 5.32 Å². The Morgan fingerprint density at radius 1 is 0.871 bits per heavy atom. The molecule has 156 valence electrons. The molecule has 4 rings (SSSR count). The van der Waals surface area contributed by atoms with Crippen molar-refractivity contribution in [2.75, 3.05) is 11.9 Å². The van der Waals surface area contributed by atoms with E-state index in [4.69, 9.17) is 0 Å². The fourth-order valence-corrected chi connectivity index (χ4v) is 3.49. The van der Waals surface area contributed by atoms with Crippen LogP contribution in [0.2, 0.25) is 0 Å². The van der Waals surface area contributed by atoms with Gasteiger partial charge in [-0.05, 0) is 47.4 Å². The standard InChI is InChI=1S/C25H24N4O2/c30-24(27-22-8-6-19(7-9-22)18-20-12-15-26-16-13-20)10-11-25(31)29-17-14-23(28-29)21-4-2-1-3-5-21/h1-9,12-13,15-16H,10-11,14,17-18H2,(H,27,30). The first-order valence-electron chi connectivity index (χ1n) is 10.4. The van der Waals surface area contributed by atoms with Crippen molar-refractivity contribution >= 4 is 23.2 Å². The number of amides is 2. The molecule has 3 aromatic rings. The van der Waals surface area contributed by atoms with Crippen LogP contribution in [0.25, 0.3) is 0 Å². The quantitative estimate of drug-likeness (QED) is 0.637. The average Bonchev–Trinajstić information content (AvgIpc) is 3.31. The van der Waals surface area contributed by atoms with Gasteiger partial charge in [0.2, 0.25) is 11.8 Å². The fourth-order valence-electron chi connectivity index (χ4n) is 3.49. The Kier molecular flexibility index (Phi) is 6.47. The number of anilines is 1. The maximum atomic E-state index is 12.4. The number of hydrogen-bond acceptors (Lipinski definition) is 4. The minimum Gasteiger partial charge on any atom is -0.326 e. The minimum atomic E-state index is -0.179. The number of benzene rings is 2. The van der Waals surface area contributed by atoms with Crippen molar-refractivity contribution in [1.82, 2.24) is 9.99 Å². The number of nitrogens with zero attached hydrogens (tertiary/aromatic N) is 3. The van der Waals surface area contributed by atoms with Gasteiger partial charge in [0.05, 0.1) is 12.3 Å². The van der Waals surface area contributed by atoms with Crippen LogP contribution in [0.3, 0.4) is 0 Å². The van der Waals surface area contributed by atoms with Crippen LogP contribution in [-0.2, 0) is 16.0 Å². The van der Waals surface area contributed by atoms with Gasteiger partial charge in [-0.2, -0.15) is 5.10 Å². The molecule has 1 aliphatic heterocycles. The van der Waals surface area contributed by atoms with Gasteiger partial charge in [0.1, 0.15) is 0 Å². The Morgan fingerprint density at radius 2 is 1.58 bits per heavy atom. The molecule has 0 bridgehead atoms. The third-order valence-corrected chi connectivity index (χ3v) is 5.16. The number of carbonyl (C=O) groups is 2. The molecule has 0 fully saturated rings. The van der Waals surface area contributed by atoms with E-state index in [0.717, 1.165) is 35.4 Å². The zero-order valence-electron chi connectivity index (χ0n) is 17.2. The number of rotatable bonds is 7. The second kappa shape index (κ2) is 9.80. The molecule has 0 saturated heterocycles. The molecule has 2 heterocycles. The number of hydrazone groups is 1. The first-order chi connectivity index (χ1) is 15.2. The Bertz CT molecular complexity index is 1060. The molecule has 0 radical (unpaired) electrons. The molecule has 0 saturated carbocycles. The molecular formula is C25H24N4O2. The van der Waals surface area contributed by atoms with Crippen LogP contribution >= 0.6 is 0 Å². The molecule has 1 N–H and O–H groups in total. The van der Waals surface area contributed by atoms with E-state index in [1.807, 2.05) is 66.7 Å². The maximum Gasteiger partial charge on any atom is 0.243 e. The molecule has 2 amide bonds. The highest BCUT2D eigenvalue weighted by Crippen LogP contribution is 2.16. The molecule has 0 aliphatic carbocycles. The van der Waals surface area contributed by atoms with Crippen molar-refractivity contribution in [2.45, 2.75) is 25.7 Å². The lowest BCUT2D eigenvalue weighted by Gasteiger charge is -2.11. The Balaban J connectivity index is 1.25. The second-order valence-corrected chi connectivity index (χ2v) is 7.46. The predicted octanol–water partition coefficient (Wildman–Crippen LogP) is 4.03. The predicted molar refractivity (Wildman–Crippen MR) is 121 cm³/mol. The topological polar surface area (TPSA) is 74.7 Å². The lowest BCUT2D eigenvalue weighted by atomic mass is 10.1. The van der Waals surface area contributed by atoms with Gasteiger partial charge in [-0.25, -0.2) is 5.01 Å². The summed E-state index contributed by atoms with van der Waals surface area (Å²) in [5, 5.41) is 8.76. The van der Waals surface area contributed by atoms with Gasteiger partial charge in [-0.1, -0.05) is 42.5 Å². The molecule has 2 aromatic carbocycles. The van der Waals surface area contributed by atoms with Crippen molar-refractivity contribution in [3.8, 4) is 0 Å². The molecule has 6 nitrogen and oxygen atoms in total. The highest BCUT2D eigenvalue weighted by molar-refractivity contribution is 6.02. The average molecular weight is 412 g/mol. The first-order valence-corrected chi connectivity index (χ1v) is 10.4. The van der Waals surface area contributed by atoms with E-state index < -0.39 is 0 Å². The van der Waals surface area contributed by atoms with E-state index in [1.165, 1.54) is 10.6 Å². The summed E-state index contributed by atoms with van der Waals surface area (Å²) in [6, 6.07) is 21.6. The molecule has 1 aliphatic rings. The summed E-state index contributed by atoms with van der Waals surface area (Å²) in [4.78, 5) is 28.7. The third kappa shape index (κ3) is 5.63. The number of carbonyl (C=O) groups excluding carboxylic acids is 2. The first kappa shape index (κ1) is 20.5. The van der Waals surface area contributed by atoms with Crippen LogP contribution in [-0.4, -0.2) is 34.1 Å². The maximum absolute atomic E-state index is 12.4. The molecule has 0 spiro atoms. The van der Waals surface area contributed by atoms with Crippen LogP contribution in [0.4, 0.5) is 5.69 Å². The smallest absolute Gasteiger partial charge is 0.243 e. The van der Waals surface area contributed by atoms with E-state index in [-0.39, 0.29) is 24.7 Å². The Labute approximate surface area is 181 Å². The van der Waals surface area contributed by atoms with Gasteiger partial charge >= 0.3 is 0 Å². The molecule has 1 aromatic heterocycles. The molecule has 0 unspecified atom stereocenters. The highest BCUT2D eigenvalue weighted by Gasteiger charge is 2.21. The van der Waals surface area contributed by atoms with Crippen LogP contribution in [0, 0.1) is 0 Å². The van der Waals surface area contributed by atoms with Gasteiger partial charge < -0.3 is 5.32 Å². The van der Waals surface area contributed by atoms with Crippen molar-refractivity contribution in [3.63, 3.8) is 0 Å². The zero-order chi connectivity index (χ0) is 21.5. The Hall–Kier alpha value is -3.80. The van der Waals surface area contributed by atoms with E-state index >= 15 is 0 Å². The number of hydrogen-bond donors (Lipinski definition) is 1. The summed E-state index contributed by atoms with van der Waals surface area (Å²) in [6.07, 6.45) is 5.37. The summed E-state index contributed by atoms with van der Waals surface area (Å²) in [5.41, 5.74) is 5.00. The van der Waals surface area contributed by atoms with Crippen LogP contribution in [0.15, 0.2) is 84.2 Å². The number of nitrogens with one attached hydrogen (secondary N) is 1. The summed E-state index contributed by atoms with van der Waals surface area (Å²) in [5.74, 6) is -0.310. The largest absolute Gasteiger partial charge is 0.326 e. The van der Waals surface area contributed by atoms with E-state index in [2.05, 4.69) is 15.4 Å². The lowest BCUT2D eigenvalue weighted by molar-refractivity contribution is -0.132. The fraction of sp³-hybridized carbons (Fsp3) is 0.200. The number of pyridine rings is 1. The SMILES string of the molecule is O=C(CCC(=O)N1CCC(c2ccccc2)=N1)Nc1ccc(Cc2ccncc2)cc1. The van der Waals surface area contributed by atoms with Gasteiger partial charge in [0.25, 0.3) is 0 Å². The second-order valence-electron chi connectivity index (χ2n) is 7.46. The highest BCUT2D eigenvalue weighted by atomic mass is 16.2. The van der Waals surface area contributed by atoms with E-state index in [0.29, 0.717) is 6.54 Å². The van der Waals surface area contributed by atoms with Gasteiger partial charge in [-0.15, -0.1) is 0 Å². The zero-order valence-corrected chi connectivity index (χ0v) is 17.2. The summed E-state index contributed by atoms with van der Waals surface area (Å²) in [6.45, 7) is 0.559. The molecule has 6 heteroatoms. The van der Waals surface area contributed by atoms with Gasteiger partial charge in [-0.3, -0.25) is 14.6 Å². The van der Waals surface area contributed by atoms with Gasteiger partial charge in [0.15, 0.2) is 0 Å². The summed E-state index contributed by atoms with van der Waals surface area (Å²) < 4.78 is 0. The van der Waals surface area contributed by atoms with E-state index in [1.54, 1.807) is 12.4 Å². The molecular weight excluding hydrogens is 388 g/mol. The van der Waals surface area contributed by atoms with Gasteiger partial charge in [0, 0.05) is 37.3 Å². The minimum absolute atomic E-state index is 0.129. The van der Waals surface area contributed by atoms with E-state index in [9.17, 15) is 9.59 Å². The monoisotopic (exact) mass is 412 g/mol.